The van der Waals surface area contributed by atoms with Crippen molar-refractivity contribution in [2.75, 3.05) is 31.3 Å². The van der Waals surface area contributed by atoms with Crippen LogP contribution in [-0.2, 0) is 13.0 Å². The molecule has 1 aliphatic rings. The molecule has 1 aliphatic heterocycles. The third-order valence-corrected chi connectivity index (χ3v) is 4.00. The number of carbonyl (C=O) groups is 1. The van der Waals surface area contributed by atoms with Crippen LogP contribution in [0.1, 0.15) is 19.4 Å². The second-order valence-electron chi connectivity index (χ2n) is 7.18. The van der Waals surface area contributed by atoms with Gasteiger partial charge in [0.1, 0.15) is 11.4 Å². The first-order valence-electron chi connectivity index (χ1n) is 8.39. The molecule has 2 aromatic rings. The topological polar surface area (TPSA) is 71.4 Å². The predicted octanol–water partition coefficient (Wildman–Crippen LogP) is 2.80. The summed E-state index contributed by atoms with van der Waals surface area (Å²) in [5.41, 5.74) is 1.53. The van der Waals surface area contributed by atoms with E-state index in [2.05, 4.69) is 20.6 Å². The Morgan fingerprint density at radius 1 is 1.32 bits per heavy atom. The normalized spacial score (nSPS) is 14.9. The van der Waals surface area contributed by atoms with Crippen molar-refractivity contribution in [3.8, 4) is 5.75 Å². The van der Waals surface area contributed by atoms with Crippen molar-refractivity contribution in [1.29, 1.82) is 0 Å². The minimum Gasteiger partial charge on any atom is -0.485 e. The van der Waals surface area contributed by atoms with Gasteiger partial charge in [-0.25, -0.2) is 4.79 Å². The zero-order valence-corrected chi connectivity index (χ0v) is 15.2. The molecular formula is C18H25N5O2. The van der Waals surface area contributed by atoms with Gasteiger partial charge in [0, 0.05) is 30.8 Å². The van der Waals surface area contributed by atoms with Gasteiger partial charge in [-0.2, -0.15) is 5.10 Å². The maximum Gasteiger partial charge on any atom is 0.325 e. The fraction of sp³-hybridized carbons (Fsp3) is 0.444. The number of anilines is 2. The number of benzene rings is 1. The predicted molar refractivity (Wildman–Crippen MR) is 98.3 cm³/mol. The van der Waals surface area contributed by atoms with Crippen LogP contribution in [0.25, 0.3) is 0 Å². The number of rotatable bonds is 5. The lowest BCUT2D eigenvalue weighted by Gasteiger charge is -2.18. The highest BCUT2D eigenvalue weighted by molar-refractivity contribution is 6.00. The number of amides is 2. The fourth-order valence-electron chi connectivity index (χ4n) is 2.84. The molecule has 1 aromatic carbocycles. The molecule has 0 saturated heterocycles. The zero-order chi connectivity index (χ0) is 18.0. The number of hydrogen-bond donors (Lipinski definition) is 2. The van der Waals surface area contributed by atoms with Crippen molar-refractivity contribution in [2.24, 2.45) is 0 Å². The Hall–Kier alpha value is -2.54. The Kier molecular flexibility index (Phi) is 4.67. The number of likely N-dealkylation sites (N-methyl/N-ethyl adjacent to an activating group) is 1. The molecular weight excluding hydrogens is 318 g/mol. The summed E-state index contributed by atoms with van der Waals surface area (Å²) in [7, 11) is 4.02. The van der Waals surface area contributed by atoms with Gasteiger partial charge in [0.15, 0.2) is 5.82 Å². The first-order chi connectivity index (χ1) is 11.8. The molecule has 2 N–H and O–H groups in total. The number of aromatic nitrogens is 2. The van der Waals surface area contributed by atoms with Gasteiger partial charge in [-0.05, 0) is 34.0 Å². The lowest BCUT2D eigenvalue weighted by atomic mass is 10.0. The summed E-state index contributed by atoms with van der Waals surface area (Å²) in [6.45, 7) is 5.73. The second-order valence-corrected chi connectivity index (χ2v) is 7.18. The summed E-state index contributed by atoms with van der Waals surface area (Å²) in [5, 5.41) is 9.96. The fourth-order valence-corrected chi connectivity index (χ4v) is 2.84. The number of para-hydroxylation sites is 1. The molecule has 7 nitrogen and oxygen atoms in total. The lowest BCUT2D eigenvalue weighted by molar-refractivity contribution is 0.139. The van der Waals surface area contributed by atoms with E-state index in [0.29, 0.717) is 11.5 Å². The van der Waals surface area contributed by atoms with Crippen molar-refractivity contribution >= 4 is 17.5 Å². The van der Waals surface area contributed by atoms with Crippen LogP contribution in [0.2, 0.25) is 0 Å². The van der Waals surface area contributed by atoms with Crippen molar-refractivity contribution < 1.29 is 9.53 Å². The number of hydrogen-bond acceptors (Lipinski definition) is 4. The quantitative estimate of drug-likeness (QED) is 0.876. The van der Waals surface area contributed by atoms with Crippen LogP contribution in [0.15, 0.2) is 30.5 Å². The lowest BCUT2D eigenvalue weighted by Crippen LogP contribution is -2.25. The third-order valence-electron chi connectivity index (χ3n) is 4.00. The first-order valence-corrected chi connectivity index (χ1v) is 8.39. The van der Waals surface area contributed by atoms with E-state index in [9.17, 15) is 4.79 Å². The summed E-state index contributed by atoms with van der Waals surface area (Å²) >= 11 is 0. The number of nitrogens with one attached hydrogen (secondary N) is 2. The van der Waals surface area contributed by atoms with Gasteiger partial charge < -0.3 is 15.0 Å². The molecule has 0 unspecified atom stereocenters. The molecule has 7 heteroatoms. The highest BCUT2D eigenvalue weighted by Gasteiger charge is 2.32. The Morgan fingerprint density at radius 3 is 2.88 bits per heavy atom. The van der Waals surface area contributed by atoms with Crippen molar-refractivity contribution in [3.05, 3.63) is 36.0 Å². The highest BCUT2D eigenvalue weighted by atomic mass is 16.5. The maximum absolute atomic E-state index is 12.3. The minimum absolute atomic E-state index is 0.248. The molecule has 0 aliphatic carbocycles. The third kappa shape index (κ3) is 4.30. The Morgan fingerprint density at radius 2 is 2.12 bits per heavy atom. The highest BCUT2D eigenvalue weighted by Crippen LogP contribution is 2.40. The minimum atomic E-state index is -0.334. The molecule has 2 heterocycles. The molecule has 2 amide bonds. The molecule has 0 atom stereocenters. The summed E-state index contributed by atoms with van der Waals surface area (Å²) in [5.74, 6) is 1.27. The van der Waals surface area contributed by atoms with Crippen LogP contribution >= 0.6 is 0 Å². The molecule has 0 radical (unpaired) electrons. The molecule has 134 valence electrons. The SMILES string of the molecule is CN(C)CCn1ccc(NC(=O)Nc2cccc3c2OC(C)(C)C3)n1. The van der Waals surface area contributed by atoms with E-state index < -0.39 is 0 Å². The molecule has 0 bridgehead atoms. The number of carbonyl (C=O) groups excluding carboxylic acids is 1. The average molecular weight is 343 g/mol. The Balaban J connectivity index is 1.62. The zero-order valence-electron chi connectivity index (χ0n) is 15.2. The molecule has 1 aromatic heterocycles. The molecule has 25 heavy (non-hydrogen) atoms. The van der Waals surface area contributed by atoms with Crippen molar-refractivity contribution in [2.45, 2.75) is 32.4 Å². The number of fused-ring (bicyclic) bond motifs is 1. The average Bonchev–Trinajstić information content (AvgIpc) is 3.08. The van der Waals surface area contributed by atoms with Gasteiger partial charge in [0.05, 0.1) is 12.2 Å². The smallest absolute Gasteiger partial charge is 0.325 e. The van der Waals surface area contributed by atoms with Gasteiger partial charge in [0.25, 0.3) is 0 Å². The summed E-state index contributed by atoms with van der Waals surface area (Å²) in [4.78, 5) is 14.4. The van der Waals surface area contributed by atoms with E-state index in [1.807, 2.05) is 57.0 Å². The van der Waals surface area contributed by atoms with Gasteiger partial charge in [0.2, 0.25) is 0 Å². The van der Waals surface area contributed by atoms with Crippen molar-refractivity contribution in [3.63, 3.8) is 0 Å². The molecule has 0 saturated carbocycles. The Labute approximate surface area is 148 Å². The van der Waals surface area contributed by atoms with Crippen LogP contribution < -0.4 is 15.4 Å². The van der Waals surface area contributed by atoms with Gasteiger partial charge >= 0.3 is 6.03 Å². The molecule has 0 spiro atoms. The van der Waals surface area contributed by atoms with E-state index >= 15 is 0 Å². The Bertz CT molecular complexity index is 767. The standard InChI is InChI=1S/C18H25N5O2/c1-18(2)12-13-6-5-7-14(16(13)25-18)19-17(24)20-15-8-9-23(21-15)11-10-22(3)4/h5-9H,10-12H2,1-4H3,(H2,19,20,21,24). The summed E-state index contributed by atoms with van der Waals surface area (Å²) in [6.07, 6.45) is 2.68. The van der Waals surface area contributed by atoms with Crippen LogP contribution in [0, 0.1) is 0 Å². The van der Waals surface area contributed by atoms with Crippen LogP contribution in [0.4, 0.5) is 16.3 Å². The number of nitrogens with zero attached hydrogens (tertiary/aromatic N) is 3. The largest absolute Gasteiger partial charge is 0.485 e. The van der Waals surface area contributed by atoms with E-state index in [4.69, 9.17) is 4.74 Å². The van der Waals surface area contributed by atoms with Gasteiger partial charge in [-0.1, -0.05) is 12.1 Å². The summed E-state index contributed by atoms with van der Waals surface area (Å²) in [6, 6.07) is 7.24. The van der Waals surface area contributed by atoms with Gasteiger partial charge in [-0.15, -0.1) is 0 Å². The first kappa shape index (κ1) is 17.3. The second kappa shape index (κ2) is 6.76. The number of ether oxygens (including phenoxy) is 1. The molecule has 0 fully saturated rings. The van der Waals surface area contributed by atoms with Gasteiger partial charge in [-0.3, -0.25) is 10.00 Å². The summed E-state index contributed by atoms with van der Waals surface area (Å²) < 4.78 is 7.78. The molecule has 3 rings (SSSR count). The van der Waals surface area contributed by atoms with E-state index in [0.717, 1.165) is 30.8 Å². The van der Waals surface area contributed by atoms with Crippen LogP contribution in [0.3, 0.4) is 0 Å². The van der Waals surface area contributed by atoms with E-state index in [1.54, 1.807) is 6.07 Å². The van der Waals surface area contributed by atoms with Crippen molar-refractivity contribution in [1.82, 2.24) is 14.7 Å². The van der Waals surface area contributed by atoms with Crippen LogP contribution in [0.5, 0.6) is 5.75 Å². The maximum atomic E-state index is 12.3. The monoisotopic (exact) mass is 343 g/mol. The van der Waals surface area contributed by atoms with E-state index in [1.165, 1.54) is 0 Å². The van der Waals surface area contributed by atoms with E-state index in [-0.39, 0.29) is 11.6 Å². The number of urea groups is 1. The van der Waals surface area contributed by atoms with Crippen LogP contribution in [-0.4, -0.2) is 47.0 Å².